The van der Waals surface area contributed by atoms with Gasteiger partial charge in [0.2, 0.25) is 0 Å². The molecule has 4 heteroatoms. The predicted octanol–water partition coefficient (Wildman–Crippen LogP) is 0.525. The molecular weight excluding hydrogens is 118 g/mol. The zero-order chi connectivity index (χ0) is 4.99. The minimum absolute atomic E-state index is 0.0856. The molecule has 36 valence electrons. The van der Waals surface area contributed by atoms with Gasteiger partial charge < -0.3 is 9.92 Å². The van der Waals surface area contributed by atoms with Crippen LogP contribution in [0.2, 0.25) is 0 Å². The molecule has 0 aliphatic rings. The number of thiocarbonyl (C=S) groups is 1. The molecule has 0 amide bonds. The summed E-state index contributed by atoms with van der Waals surface area (Å²) in [4.78, 5) is 0. The van der Waals surface area contributed by atoms with Crippen molar-refractivity contribution in [2.24, 2.45) is 5.73 Å². The molecule has 0 heterocycles. The van der Waals surface area contributed by atoms with Crippen molar-refractivity contribution in [3.8, 4) is 0 Å². The van der Waals surface area contributed by atoms with Gasteiger partial charge in [-0.1, -0.05) is 0 Å². The molecule has 2 nitrogen and oxygen atoms in total. The van der Waals surface area contributed by atoms with Gasteiger partial charge >= 0.3 is 0 Å². The molecule has 0 aliphatic heterocycles. The predicted molar refractivity (Wildman–Crippen MR) is 31.4 cm³/mol. The summed E-state index contributed by atoms with van der Waals surface area (Å²) in [5.74, 6) is 0. The third-order valence-electron chi connectivity index (χ3n) is 0.165. The van der Waals surface area contributed by atoms with E-state index in [0.717, 1.165) is 12.0 Å². The van der Waals surface area contributed by atoms with E-state index < -0.39 is 0 Å². The van der Waals surface area contributed by atoms with Crippen LogP contribution in [0.25, 0.3) is 0 Å². The summed E-state index contributed by atoms with van der Waals surface area (Å²) in [6, 6.07) is 0. The topological polar surface area (TPSA) is 35.2 Å². The van der Waals surface area contributed by atoms with Gasteiger partial charge in [-0.2, -0.15) is 0 Å². The number of hydrogen-bond acceptors (Lipinski definition) is 3. The van der Waals surface area contributed by atoms with Gasteiger partial charge in [-0.05, 0) is 12.2 Å². The van der Waals surface area contributed by atoms with Crippen LogP contribution in [0.3, 0.4) is 0 Å². The lowest BCUT2D eigenvalue weighted by atomic mass is 11.4. The summed E-state index contributed by atoms with van der Waals surface area (Å²) in [7, 11) is 0. The maximum absolute atomic E-state index is 4.89. The highest BCUT2D eigenvalue weighted by Crippen LogP contribution is 1.91. The van der Waals surface area contributed by atoms with E-state index in [1.165, 1.54) is 0 Å². The Hall–Kier alpha value is 0.0400. The highest BCUT2D eigenvalue weighted by Gasteiger charge is 1.78. The Morgan fingerprint density at radius 2 is 2.50 bits per heavy atom. The Bertz CT molecular complexity index is 55.5. The maximum Gasteiger partial charge on any atom is 0.267 e. The molecule has 0 spiro atoms. The van der Waals surface area contributed by atoms with Gasteiger partial charge in [0.15, 0.2) is 0 Å². The first kappa shape index (κ1) is 6.04. The molecular formula is C2H5NOS2. The molecule has 0 fully saturated rings. The van der Waals surface area contributed by atoms with E-state index in [4.69, 9.17) is 5.73 Å². The average Bonchev–Trinajstić information content (AvgIpc) is 1.35. The van der Waals surface area contributed by atoms with Crippen LogP contribution in [0.5, 0.6) is 0 Å². The Morgan fingerprint density at radius 1 is 2.00 bits per heavy atom. The molecule has 0 unspecified atom stereocenters. The summed E-state index contributed by atoms with van der Waals surface area (Å²) in [6.45, 7) is 0. The van der Waals surface area contributed by atoms with E-state index in [2.05, 4.69) is 16.4 Å². The van der Waals surface area contributed by atoms with Gasteiger partial charge in [0.1, 0.15) is 0 Å². The largest absolute Gasteiger partial charge is 0.398 e. The summed E-state index contributed by atoms with van der Waals surface area (Å²) in [5, 5.41) is 0.0856. The third-order valence-corrected chi connectivity index (χ3v) is 0.701. The van der Waals surface area contributed by atoms with Gasteiger partial charge in [-0.25, -0.2) is 0 Å². The van der Waals surface area contributed by atoms with Crippen LogP contribution in [0.1, 0.15) is 0 Å². The summed E-state index contributed by atoms with van der Waals surface area (Å²) < 4.78 is 4.47. The second-order valence-corrected chi connectivity index (χ2v) is 1.47. The smallest absolute Gasteiger partial charge is 0.267 e. The Morgan fingerprint density at radius 3 is 2.50 bits per heavy atom. The monoisotopic (exact) mass is 123 g/mol. The first-order chi connectivity index (χ1) is 2.77. The minimum Gasteiger partial charge on any atom is -0.398 e. The lowest BCUT2D eigenvalue weighted by molar-refractivity contribution is 0.657. The van der Waals surface area contributed by atoms with Gasteiger partial charge in [0.05, 0.1) is 12.0 Å². The van der Waals surface area contributed by atoms with E-state index in [1.54, 1.807) is 6.26 Å². The van der Waals surface area contributed by atoms with Gasteiger partial charge in [-0.15, -0.1) is 0 Å². The summed E-state index contributed by atoms with van der Waals surface area (Å²) >= 11 is 5.47. The second kappa shape index (κ2) is 3.24. The molecule has 0 aromatic heterocycles. The molecule has 6 heavy (non-hydrogen) atoms. The first-order valence-electron chi connectivity index (χ1n) is 1.27. The molecule has 0 bridgehead atoms. The van der Waals surface area contributed by atoms with Crippen LogP contribution in [0.4, 0.5) is 0 Å². The van der Waals surface area contributed by atoms with E-state index >= 15 is 0 Å². The standard InChI is InChI=1S/C2H5NOS2/c1-6-4-2(3)5/h1H3,(H2,3,5). The van der Waals surface area contributed by atoms with Crippen molar-refractivity contribution in [3.05, 3.63) is 0 Å². The van der Waals surface area contributed by atoms with Crippen LogP contribution < -0.4 is 5.73 Å². The van der Waals surface area contributed by atoms with E-state index in [9.17, 15) is 0 Å². The SMILES string of the molecule is CSOC(N)=S. The van der Waals surface area contributed by atoms with Crippen LogP contribution in [-0.4, -0.2) is 11.4 Å². The van der Waals surface area contributed by atoms with Gasteiger partial charge in [0, 0.05) is 6.26 Å². The fraction of sp³-hybridized carbons (Fsp3) is 0.500. The highest BCUT2D eigenvalue weighted by atomic mass is 32.2. The zero-order valence-corrected chi connectivity index (χ0v) is 4.94. The molecule has 0 aromatic rings. The minimum atomic E-state index is 0.0856. The van der Waals surface area contributed by atoms with Gasteiger partial charge in [-0.3, -0.25) is 0 Å². The van der Waals surface area contributed by atoms with Crippen molar-refractivity contribution in [1.82, 2.24) is 0 Å². The Balaban J connectivity index is 2.83. The highest BCUT2D eigenvalue weighted by molar-refractivity contribution is 7.95. The van der Waals surface area contributed by atoms with Crippen molar-refractivity contribution < 1.29 is 4.18 Å². The number of rotatable bonds is 1. The van der Waals surface area contributed by atoms with Crippen LogP contribution in [0.15, 0.2) is 0 Å². The second-order valence-electron chi connectivity index (χ2n) is 0.569. The molecule has 0 saturated carbocycles. The quantitative estimate of drug-likeness (QED) is 0.407. The van der Waals surface area contributed by atoms with Crippen LogP contribution in [0, 0.1) is 0 Å². The van der Waals surface area contributed by atoms with Crippen LogP contribution >= 0.6 is 24.3 Å². The van der Waals surface area contributed by atoms with Gasteiger partial charge in [0.25, 0.3) is 5.17 Å². The number of nitrogens with two attached hydrogens (primary N) is 1. The zero-order valence-electron chi connectivity index (χ0n) is 3.30. The molecule has 0 rings (SSSR count). The van der Waals surface area contributed by atoms with E-state index in [-0.39, 0.29) is 5.17 Å². The Labute approximate surface area is 46.2 Å². The first-order valence-corrected chi connectivity index (χ1v) is 2.83. The lowest BCUT2D eigenvalue weighted by Crippen LogP contribution is -2.07. The molecule has 0 aliphatic carbocycles. The molecule has 0 atom stereocenters. The Kier molecular flexibility index (Phi) is 3.26. The average molecular weight is 123 g/mol. The molecule has 2 N–H and O–H groups in total. The van der Waals surface area contributed by atoms with E-state index in [1.807, 2.05) is 0 Å². The lowest BCUT2D eigenvalue weighted by Gasteiger charge is -1.90. The van der Waals surface area contributed by atoms with Crippen LogP contribution in [-0.2, 0) is 4.18 Å². The fourth-order valence-corrected chi connectivity index (χ4v) is 0.451. The van der Waals surface area contributed by atoms with Crippen molar-refractivity contribution >= 4 is 29.4 Å². The van der Waals surface area contributed by atoms with Crippen molar-refractivity contribution in [2.75, 3.05) is 6.26 Å². The van der Waals surface area contributed by atoms with Crippen molar-refractivity contribution in [3.63, 3.8) is 0 Å². The summed E-state index contributed by atoms with van der Waals surface area (Å²) in [5.41, 5.74) is 4.89. The number of hydrogen-bond donors (Lipinski definition) is 1. The summed E-state index contributed by atoms with van der Waals surface area (Å²) in [6.07, 6.45) is 1.75. The maximum atomic E-state index is 4.89. The molecule has 0 aromatic carbocycles. The van der Waals surface area contributed by atoms with Crippen molar-refractivity contribution in [1.29, 1.82) is 0 Å². The normalized spacial score (nSPS) is 7.50. The molecule has 0 radical (unpaired) electrons. The molecule has 0 saturated heterocycles. The van der Waals surface area contributed by atoms with E-state index in [0.29, 0.717) is 0 Å². The van der Waals surface area contributed by atoms with Crippen molar-refractivity contribution in [2.45, 2.75) is 0 Å². The third kappa shape index (κ3) is 4.04. The fourth-order valence-electron chi connectivity index (χ4n) is 0.0821.